The van der Waals surface area contributed by atoms with Gasteiger partial charge in [-0.2, -0.15) is 0 Å². The number of hydrogen-bond acceptors (Lipinski definition) is 2. The van der Waals surface area contributed by atoms with Crippen molar-refractivity contribution in [2.75, 3.05) is 0 Å². The topological polar surface area (TPSA) is 17.1 Å². The molecule has 2 rings (SSSR count). The monoisotopic (exact) mass is 292 g/mol. The minimum absolute atomic E-state index is 0. The van der Waals surface area contributed by atoms with Crippen LogP contribution in [0.15, 0.2) is 30.4 Å². The molecule has 1 aliphatic rings. The molecular weight excluding hydrogens is 264 g/mol. The highest BCUT2D eigenvalue weighted by Crippen LogP contribution is 2.38. The number of thiophene rings is 1. The molecule has 2 heteroatoms. The number of allylic oxidation sites excluding steroid dienone is 3. The summed E-state index contributed by atoms with van der Waals surface area (Å²) in [6.45, 7) is 14.4. The molecule has 0 bridgehead atoms. The summed E-state index contributed by atoms with van der Waals surface area (Å²) in [5.74, 6) is 0.289. The third-order valence-corrected chi connectivity index (χ3v) is 5.01. The van der Waals surface area contributed by atoms with Crippen LogP contribution < -0.4 is 0 Å². The van der Waals surface area contributed by atoms with E-state index in [1.54, 1.807) is 0 Å². The Kier molecular flexibility index (Phi) is 5.94. The van der Waals surface area contributed by atoms with E-state index in [1.807, 2.05) is 31.3 Å². The van der Waals surface area contributed by atoms with E-state index in [4.69, 9.17) is 0 Å². The molecule has 112 valence electrons. The molecule has 0 aliphatic heterocycles. The molecule has 0 radical (unpaired) electrons. The zero-order chi connectivity index (χ0) is 15.3. The van der Waals surface area contributed by atoms with Crippen molar-refractivity contribution in [3.63, 3.8) is 0 Å². The molecule has 0 saturated heterocycles. The number of aryl methyl sites for hydroxylation is 2. The van der Waals surface area contributed by atoms with Crippen LogP contribution in [0.3, 0.4) is 0 Å². The van der Waals surface area contributed by atoms with Crippen molar-refractivity contribution < 1.29 is 6.22 Å². The Balaban J connectivity index is 0.00000128. The van der Waals surface area contributed by atoms with Gasteiger partial charge >= 0.3 is 0 Å². The Labute approximate surface area is 128 Å². The van der Waals surface area contributed by atoms with Gasteiger partial charge in [0.15, 0.2) is 0 Å². The summed E-state index contributed by atoms with van der Waals surface area (Å²) >= 11 is 1.82. The molecule has 1 heterocycles. The van der Waals surface area contributed by atoms with Crippen LogP contribution in [0.5, 0.6) is 0 Å². The average Bonchev–Trinajstić information content (AvgIpc) is 2.74. The van der Waals surface area contributed by atoms with Crippen LogP contribution in [0.25, 0.3) is 0 Å². The lowest BCUT2D eigenvalue weighted by molar-refractivity contribution is -0.119. The summed E-state index contributed by atoms with van der Waals surface area (Å²) in [7, 11) is 0. The standard InChI is InChI=1S/C16H20OS.C2H6.H2/c1-5-13-9-15(18-12(13)3)16(4)7-6-11(2)8-14(17)10-16;1-2;/h6-7,9H,2,5,8,10H2,1,3-4H3;1-2H3;1H/t16-;;/m0../s1. The molecule has 1 aliphatic carbocycles. The average molecular weight is 292 g/mol. The molecule has 0 amide bonds. The largest absolute Gasteiger partial charge is 0.299 e. The van der Waals surface area contributed by atoms with E-state index in [-0.39, 0.29) is 12.6 Å². The number of rotatable bonds is 2. The molecule has 0 fully saturated rings. The summed E-state index contributed by atoms with van der Waals surface area (Å²) in [5.41, 5.74) is 2.17. The fourth-order valence-electron chi connectivity index (χ4n) is 2.47. The van der Waals surface area contributed by atoms with Crippen LogP contribution in [0.1, 0.15) is 57.3 Å². The van der Waals surface area contributed by atoms with Crippen molar-refractivity contribution in [3.8, 4) is 0 Å². The number of carbonyl (C=O) groups excluding carboxylic acids is 1. The van der Waals surface area contributed by atoms with Crippen LogP contribution in [-0.4, -0.2) is 5.78 Å². The van der Waals surface area contributed by atoms with E-state index < -0.39 is 0 Å². The van der Waals surface area contributed by atoms with Gasteiger partial charge in [-0.05, 0) is 30.5 Å². The molecule has 1 aromatic rings. The normalized spacial score (nSPS) is 22.2. The maximum atomic E-state index is 11.9. The molecule has 0 saturated carbocycles. The molecular formula is C18H28OS. The van der Waals surface area contributed by atoms with Crippen molar-refractivity contribution in [1.82, 2.24) is 0 Å². The zero-order valence-electron chi connectivity index (χ0n) is 13.4. The lowest BCUT2D eigenvalue weighted by Gasteiger charge is -2.22. The first-order valence-electron chi connectivity index (χ1n) is 7.43. The Morgan fingerprint density at radius 1 is 1.45 bits per heavy atom. The fourth-order valence-corrected chi connectivity index (χ4v) is 3.71. The number of Topliss-reactive ketones (excluding diaryl/α,β-unsaturated/α-hetero) is 1. The molecule has 20 heavy (non-hydrogen) atoms. The summed E-state index contributed by atoms with van der Waals surface area (Å²) in [5, 5.41) is 0. The van der Waals surface area contributed by atoms with Gasteiger partial charge in [0.25, 0.3) is 0 Å². The minimum Gasteiger partial charge on any atom is -0.299 e. The Morgan fingerprint density at radius 3 is 2.65 bits per heavy atom. The lowest BCUT2D eigenvalue weighted by Crippen LogP contribution is -2.20. The smallest absolute Gasteiger partial charge is 0.138 e. The van der Waals surface area contributed by atoms with Gasteiger partial charge in [-0.3, -0.25) is 4.79 Å². The van der Waals surface area contributed by atoms with Gasteiger partial charge in [-0.1, -0.05) is 46.4 Å². The predicted octanol–water partition coefficient (Wildman–Crippen LogP) is 5.62. The number of carbonyl (C=O) groups is 1. The molecule has 0 spiro atoms. The van der Waals surface area contributed by atoms with Crippen molar-refractivity contribution in [3.05, 3.63) is 45.7 Å². The molecule has 1 nitrogen and oxygen atoms in total. The summed E-state index contributed by atoms with van der Waals surface area (Å²) < 4.78 is 0. The van der Waals surface area contributed by atoms with Gasteiger partial charge < -0.3 is 0 Å². The third-order valence-electron chi connectivity index (χ3n) is 3.64. The van der Waals surface area contributed by atoms with Gasteiger partial charge in [0.2, 0.25) is 0 Å². The molecule has 0 unspecified atom stereocenters. The van der Waals surface area contributed by atoms with E-state index >= 15 is 0 Å². The predicted molar refractivity (Wildman–Crippen MR) is 91.8 cm³/mol. The highest BCUT2D eigenvalue weighted by Gasteiger charge is 2.30. The third kappa shape index (κ3) is 3.69. The van der Waals surface area contributed by atoms with E-state index in [9.17, 15) is 4.79 Å². The van der Waals surface area contributed by atoms with Crippen LogP contribution in [0.4, 0.5) is 0 Å². The van der Waals surface area contributed by atoms with Crippen LogP contribution in [0, 0.1) is 6.92 Å². The maximum Gasteiger partial charge on any atom is 0.138 e. The molecule has 0 aromatic carbocycles. The molecule has 1 atom stereocenters. The van der Waals surface area contributed by atoms with Gasteiger partial charge in [-0.15, -0.1) is 11.3 Å². The molecule has 1 aromatic heterocycles. The maximum absolute atomic E-state index is 11.9. The first-order valence-corrected chi connectivity index (χ1v) is 8.25. The van der Waals surface area contributed by atoms with Crippen LogP contribution >= 0.6 is 11.3 Å². The Morgan fingerprint density at radius 2 is 2.10 bits per heavy atom. The second kappa shape index (κ2) is 7.03. The van der Waals surface area contributed by atoms with Gasteiger partial charge in [-0.25, -0.2) is 0 Å². The highest BCUT2D eigenvalue weighted by molar-refractivity contribution is 7.12. The van der Waals surface area contributed by atoms with Crippen molar-refractivity contribution >= 4 is 17.1 Å². The minimum atomic E-state index is -0.153. The fraction of sp³-hybridized carbons (Fsp3) is 0.500. The van der Waals surface area contributed by atoms with Crippen molar-refractivity contribution in [2.45, 2.75) is 59.3 Å². The highest BCUT2D eigenvalue weighted by atomic mass is 32.1. The first kappa shape index (κ1) is 16.9. The Hall–Kier alpha value is -1.15. The SMILES string of the molecule is C=C1C=C[C@](C)(c2cc(CC)c(C)s2)CC(=O)C1.CC.[HH]. The zero-order valence-corrected chi connectivity index (χ0v) is 14.2. The van der Waals surface area contributed by atoms with E-state index in [0.717, 1.165) is 12.0 Å². The number of hydrogen-bond donors (Lipinski definition) is 0. The number of ketones is 1. The summed E-state index contributed by atoms with van der Waals surface area (Å²) in [6.07, 6.45) is 6.32. The van der Waals surface area contributed by atoms with Gasteiger partial charge in [0.1, 0.15) is 5.78 Å². The second-order valence-electron chi connectivity index (χ2n) is 5.35. The molecule has 0 N–H and O–H groups in total. The first-order chi connectivity index (χ1) is 9.44. The van der Waals surface area contributed by atoms with Crippen LogP contribution in [0.2, 0.25) is 0 Å². The van der Waals surface area contributed by atoms with E-state index in [1.165, 1.54) is 15.3 Å². The van der Waals surface area contributed by atoms with Gasteiger partial charge in [0.05, 0.1) is 0 Å². The lowest BCUT2D eigenvalue weighted by atomic mass is 9.83. The van der Waals surface area contributed by atoms with Gasteiger partial charge in [0, 0.05) is 29.4 Å². The summed E-state index contributed by atoms with van der Waals surface area (Å²) in [6, 6.07) is 2.27. The van der Waals surface area contributed by atoms with E-state index in [0.29, 0.717) is 12.8 Å². The van der Waals surface area contributed by atoms with Crippen molar-refractivity contribution in [1.29, 1.82) is 0 Å². The Bertz CT molecular complexity index is 527. The summed E-state index contributed by atoms with van der Waals surface area (Å²) in [4.78, 5) is 14.6. The quantitative estimate of drug-likeness (QED) is 0.691. The van der Waals surface area contributed by atoms with Crippen LogP contribution in [-0.2, 0) is 16.6 Å². The van der Waals surface area contributed by atoms with Crippen molar-refractivity contribution in [2.24, 2.45) is 0 Å². The second-order valence-corrected chi connectivity index (χ2v) is 6.60. The van der Waals surface area contributed by atoms with E-state index in [2.05, 4.69) is 39.5 Å².